The fraction of sp³-hybridized carbons (Fsp3) is 0.529. The molecule has 2 aliphatic rings. The minimum absolute atomic E-state index is 0.00443. The monoisotopic (exact) mass is 287 g/mol. The van der Waals surface area contributed by atoms with Crippen molar-refractivity contribution < 1.29 is 14.7 Å². The first-order valence-corrected chi connectivity index (χ1v) is 7.68. The Hall–Kier alpha value is -1.84. The molecule has 1 aromatic carbocycles. The second-order valence-corrected chi connectivity index (χ2v) is 6.33. The molecule has 1 amide bonds. The predicted octanol–water partition coefficient (Wildman–Crippen LogP) is 2.47. The van der Waals surface area contributed by atoms with Gasteiger partial charge >= 0.3 is 0 Å². The third kappa shape index (κ3) is 2.94. The van der Waals surface area contributed by atoms with E-state index >= 15 is 0 Å². The van der Waals surface area contributed by atoms with Crippen molar-refractivity contribution in [2.24, 2.45) is 17.8 Å². The highest BCUT2D eigenvalue weighted by molar-refractivity contribution is 5.98. The zero-order chi connectivity index (χ0) is 15.0. The number of likely N-dealkylation sites (tertiary alicyclic amines) is 1. The summed E-state index contributed by atoms with van der Waals surface area (Å²) in [4.78, 5) is 26.5. The average Bonchev–Trinajstić information content (AvgIpc) is 3.24. The van der Waals surface area contributed by atoms with Crippen molar-refractivity contribution in [3.05, 3.63) is 29.8 Å². The lowest BCUT2D eigenvalue weighted by Crippen LogP contribution is -2.41. The Morgan fingerprint density at radius 2 is 1.71 bits per heavy atom. The van der Waals surface area contributed by atoms with Crippen LogP contribution < -0.4 is 0 Å². The third-order valence-electron chi connectivity index (χ3n) is 4.76. The molecule has 3 rings (SSSR count). The van der Waals surface area contributed by atoms with Gasteiger partial charge < -0.3 is 10.0 Å². The molecule has 1 aromatic rings. The van der Waals surface area contributed by atoms with Crippen LogP contribution in [0.1, 0.15) is 36.5 Å². The van der Waals surface area contributed by atoms with Crippen molar-refractivity contribution in [1.82, 2.24) is 4.90 Å². The number of rotatable bonds is 3. The normalized spacial score (nSPS) is 25.7. The number of aromatic hydroxyl groups is 1. The minimum Gasteiger partial charge on any atom is -0.508 e. The van der Waals surface area contributed by atoms with E-state index in [2.05, 4.69) is 6.92 Å². The van der Waals surface area contributed by atoms with E-state index in [1.807, 2.05) is 4.90 Å². The Bertz CT molecular complexity index is 544. The maximum absolute atomic E-state index is 12.4. The van der Waals surface area contributed by atoms with Crippen LogP contribution in [0, 0.1) is 17.8 Å². The molecular formula is C17H21NO3. The number of hydrogen-bond acceptors (Lipinski definition) is 3. The maximum Gasteiger partial charge on any atom is 0.225 e. The summed E-state index contributed by atoms with van der Waals surface area (Å²) in [6, 6.07) is 6.42. The number of amides is 1. The minimum atomic E-state index is -0.00443. The Balaban J connectivity index is 1.56. The van der Waals surface area contributed by atoms with Gasteiger partial charge in [0.15, 0.2) is 5.78 Å². The van der Waals surface area contributed by atoms with E-state index in [0.29, 0.717) is 24.6 Å². The number of hydrogen-bond donors (Lipinski definition) is 1. The van der Waals surface area contributed by atoms with Gasteiger partial charge in [-0.2, -0.15) is 0 Å². The topological polar surface area (TPSA) is 57.6 Å². The highest BCUT2D eigenvalue weighted by atomic mass is 16.3. The molecule has 1 heterocycles. The lowest BCUT2D eigenvalue weighted by atomic mass is 9.88. The number of benzene rings is 1. The largest absolute Gasteiger partial charge is 0.508 e. The molecule has 0 bridgehead atoms. The first-order valence-electron chi connectivity index (χ1n) is 7.68. The standard InChI is InChI=1S/C17H21NO3/c1-11-10-15(11)17(21)18-8-6-13(7-9-18)16(20)12-2-4-14(19)5-3-12/h2-5,11,13,15,19H,6-10H2,1H3/t11-,15+/m1/s1. The van der Waals surface area contributed by atoms with Crippen molar-refractivity contribution >= 4 is 11.7 Å². The number of phenols is 1. The van der Waals surface area contributed by atoms with E-state index in [1.54, 1.807) is 24.3 Å². The molecule has 2 fully saturated rings. The van der Waals surface area contributed by atoms with Crippen LogP contribution in [0.2, 0.25) is 0 Å². The third-order valence-corrected chi connectivity index (χ3v) is 4.76. The van der Waals surface area contributed by atoms with Gasteiger partial charge in [0.1, 0.15) is 5.75 Å². The zero-order valence-electron chi connectivity index (χ0n) is 12.3. The summed E-state index contributed by atoms with van der Waals surface area (Å²) < 4.78 is 0. The predicted molar refractivity (Wildman–Crippen MR) is 79.0 cm³/mol. The van der Waals surface area contributed by atoms with E-state index < -0.39 is 0 Å². The SMILES string of the molecule is C[C@@H]1C[C@@H]1C(=O)N1CCC(C(=O)c2ccc(O)cc2)CC1. The van der Waals surface area contributed by atoms with Gasteiger partial charge in [0.25, 0.3) is 0 Å². The van der Waals surface area contributed by atoms with Crippen LogP contribution in [0.25, 0.3) is 0 Å². The van der Waals surface area contributed by atoms with Crippen LogP contribution in [-0.4, -0.2) is 34.8 Å². The van der Waals surface area contributed by atoms with Crippen LogP contribution in [0.3, 0.4) is 0 Å². The summed E-state index contributed by atoms with van der Waals surface area (Å²) in [5, 5.41) is 9.27. The van der Waals surface area contributed by atoms with E-state index in [9.17, 15) is 14.7 Å². The molecule has 2 atom stereocenters. The fourth-order valence-corrected chi connectivity index (χ4v) is 3.12. The number of Topliss-reactive ketones (excluding diaryl/α,β-unsaturated/α-hetero) is 1. The highest BCUT2D eigenvalue weighted by Crippen LogP contribution is 2.39. The molecule has 4 nitrogen and oxygen atoms in total. The molecule has 0 aromatic heterocycles. The van der Waals surface area contributed by atoms with Crippen LogP contribution >= 0.6 is 0 Å². The first-order chi connectivity index (χ1) is 10.1. The van der Waals surface area contributed by atoms with Crippen molar-refractivity contribution in [2.45, 2.75) is 26.2 Å². The van der Waals surface area contributed by atoms with Crippen molar-refractivity contribution in [3.8, 4) is 5.75 Å². The lowest BCUT2D eigenvalue weighted by molar-refractivity contribution is -0.134. The van der Waals surface area contributed by atoms with Crippen molar-refractivity contribution in [2.75, 3.05) is 13.1 Å². The number of carbonyl (C=O) groups is 2. The quantitative estimate of drug-likeness (QED) is 0.869. The second-order valence-electron chi connectivity index (χ2n) is 6.33. The Labute approximate surface area is 124 Å². The van der Waals surface area contributed by atoms with E-state index in [4.69, 9.17) is 0 Å². The molecule has 4 heteroatoms. The van der Waals surface area contributed by atoms with E-state index in [0.717, 1.165) is 19.3 Å². The van der Waals surface area contributed by atoms with E-state index in [1.165, 1.54) is 0 Å². The van der Waals surface area contributed by atoms with Gasteiger partial charge in [0.2, 0.25) is 5.91 Å². The zero-order valence-corrected chi connectivity index (χ0v) is 12.3. The molecule has 1 aliphatic carbocycles. The van der Waals surface area contributed by atoms with Crippen LogP contribution in [0.5, 0.6) is 5.75 Å². The average molecular weight is 287 g/mol. The molecule has 0 unspecified atom stereocenters. The smallest absolute Gasteiger partial charge is 0.225 e. The van der Waals surface area contributed by atoms with Gasteiger partial charge in [-0.25, -0.2) is 0 Å². The lowest BCUT2D eigenvalue weighted by Gasteiger charge is -2.31. The number of ketones is 1. The Kier molecular flexibility index (Phi) is 3.70. The number of piperidine rings is 1. The molecule has 1 saturated carbocycles. The summed E-state index contributed by atoms with van der Waals surface area (Å²) in [5.41, 5.74) is 0.647. The van der Waals surface area contributed by atoms with Gasteiger partial charge in [0, 0.05) is 30.5 Å². The van der Waals surface area contributed by atoms with Crippen LogP contribution in [0.15, 0.2) is 24.3 Å². The summed E-state index contributed by atoms with van der Waals surface area (Å²) in [7, 11) is 0. The summed E-state index contributed by atoms with van der Waals surface area (Å²) in [6.45, 7) is 3.50. The maximum atomic E-state index is 12.4. The molecule has 0 spiro atoms. The van der Waals surface area contributed by atoms with Crippen molar-refractivity contribution in [1.29, 1.82) is 0 Å². The Morgan fingerprint density at radius 3 is 2.24 bits per heavy atom. The van der Waals surface area contributed by atoms with Crippen molar-refractivity contribution in [3.63, 3.8) is 0 Å². The molecular weight excluding hydrogens is 266 g/mol. The fourth-order valence-electron chi connectivity index (χ4n) is 3.12. The van der Waals surface area contributed by atoms with Crippen LogP contribution in [-0.2, 0) is 4.79 Å². The Morgan fingerprint density at radius 1 is 1.14 bits per heavy atom. The number of phenolic OH excluding ortho intramolecular Hbond substituents is 1. The molecule has 1 aliphatic heterocycles. The summed E-state index contributed by atoms with van der Waals surface area (Å²) in [5.74, 6) is 1.34. The molecule has 0 radical (unpaired) electrons. The van der Waals surface area contributed by atoms with E-state index in [-0.39, 0.29) is 29.3 Å². The number of nitrogens with zero attached hydrogens (tertiary/aromatic N) is 1. The molecule has 112 valence electrons. The molecule has 21 heavy (non-hydrogen) atoms. The van der Waals surface area contributed by atoms with Gasteiger partial charge in [-0.15, -0.1) is 0 Å². The first kappa shape index (κ1) is 14.1. The van der Waals surface area contributed by atoms with Gasteiger partial charge in [-0.05, 0) is 49.4 Å². The van der Waals surface area contributed by atoms with Gasteiger partial charge in [-0.3, -0.25) is 9.59 Å². The summed E-state index contributed by atoms with van der Waals surface area (Å²) in [6.07, 6.45) is 2.50. The second kappa shape index (κ2) is 5.51. The van der Waals surface area contributed by atoms with Gasteiger partial charge in [-0.1, -0.05) is 6.92 Å². The molecule has 1 N–H and O–H groups in total. The highest BCUT2D eigenvalue weighted by Gasteiger charge is 2.42. The summed E-state index contributed by atoms with van der Waals surface area (Å²) >= 11 is 0. The number of carbonyl (C=O) groups excluding carboxylic acids is 2. The van der Waals surface area contributed by atoms with Crippen LogP contribution in [0.4, 0.5) is 0 Å². The van der Waals surface area contributed by atoms with Gasteiger partial charge in [0.05, 0.1) is 0 Å². The molecule has 1 saturated heterocycles.